The molecule has 0 aliphatic rings. The fraction of sp³-hybridized carbons (Fsp3) is 0.467. The molecule has 0 saturated carbocycles. The zero-order chi connectivity index (χ0) is 15.7. The molecule has 0 aliphatic heterocycles. The van der Waals surface area contributed by atoms with Crippen LogP contribution in [0.3, 0.4) is 0 Å². The Morgan fingerprint density at radius 1 is 1.24 bits per heavy atom. The van der Waals surface area contributed by atoms with Crippen LogP contribution < -0.4 is 4.74 Å². The summed E-state index contributed by atoms with van der Waals surface area (Å²) in [6.45, 7) is 4.47. The highest BCUT2D eigenvalue weighted by molar-refractivity contribution is 6.32. The van der Waals surface area contributed by atoms with E-state index in [1.165, 1.54) is 4.90 Å². The molecule has 116 valence electrons. The molecule has 1 aromatic carbocycles. The Kier molecular flexibility index (Phi) is 7.61. The van der Waals surface area contributed by atoms with E-state index in [0.717, 1.165) is 0 Å². The van der Waals surface area contributed by atoms with Crippen molar-refractivity contribution in [2.24, 2.45) is 0 Å². The van der Waals surface area contributed by atoms with Crippen LogP contribution in [0.2, 0.25) is 5.02 Å². The van der Waals surface area contributed by atoms with Gasteiger partial charge in [-0.25, -0.2) is 0 Å². The fourth-order valence-electron chi connectivity index (χ4n) is 1.71. The number of benzene rings is 1. The monoisotopic (exact) mass is 313 g/mol. The summed E-state index contributed by atoms with van der Waals surface area (Å²) in [5.74, 6) is -0.0160. The van der Waals surface area contributed by atoms with E-state index in [2.05, 4.69) is 0 Å². The van der Waals surface area contributed by atoms with E-state index in [1.54, 1.807) is 25.1 Å². The van der Waals surface area contributed by atoms with Crippen molar-refractivity contribution in [1.82, 2.24) is 4.90 Å². The molecule has 0 radical (unpaired) electrons. The van der Waals surface area contributed by atoms with Crippen LogP contribution >= 0.6 is 11.6 Å². The number of likely N-dealkylation sites (N-methyl/N-ethyl adjacent to an activating group) is 1. The summed E-state index contributed by atoms with van der Waals surface area (Å²) >= 11 is 5.95. The average Bonchev–Trinajstić information content (AvgIpc) is 2.47. The minimum absolute atomic E-state index is 0.0325. The molecule has 0 heterocycles. The van der Waals surface area contributed by atoms with E-state index in [0.29, 0.717) is 23.9 Å². The highest BCUT2D eigenvalue weighted by Crippen LogP contribution is 2.23. The van der Waals surface area contributed by atoms with E-state index in [9.17, 15) is 9.59 Å². The maximum absolute atomic E-state index is 12.0. The van der Waals surface area contributed by atoms with E-state index in [4.69, 9.17) is 21.1 Å². The van der Waals surface area contributed by atoms with E-state index >= 15 is 0 Å². The van der Waals surface area contributed by atoms with Crippen LogP contribution in [0.4, 0.5) is 0 Å². The van der Waals surface area contributed by atoms with Gasteiger partial charge < -0.3 is 14.4 Å². The molecule has 0 atom stereocenters. The summed E-state index contributed by atoms with van der Waals surface area (Å²) in [7, 11) is 0. The second kappa shape index (κ2) is 9.23. The SMILES string of the molecule is CCOC(=O)CN(CC)C(=O)CCOc1ccccc1Cl. The van der Waals surface area contributed by atoms with Crippen LogP contribution in [-0.2, 0) is 14.3 Å². The number of rotatable bonds is 8. The molecule has 0 aromatic heterocycles. The number of halogens is 1. The van der Waals surface area contributed by atoms with Crippen LogP contribution in [0, 0.1) is 0 Å². The summed E-state index contributed by atoms with van der Waals surface area (Å²) in [6.07, 6.45) is 0.179. The Morgan fingerprint density at radius 3 is 2.57 bits per heavy atom. The molecule has 0 spiro atoms. The van der Waals surface area contributed by atoms with Crippen molar-refractivity contribution in [2.75, 3.05) is 26.3 Å². The van der Waals surface area contributed by atoms with Gasteiger partial charge in [-0.05, 0) is 26.0 Å². The second-order valence-corrected chi connectivity index (χ2v) is 4.65. The molecule has 0 bridgehead atoms. The zero-order valence-electron chi connectivity index (χ0n) is 12.3. The lowest BCUT2D eigenvalue weighted by Gasteiger charge is -2.19. The maximum Gasteiger partial charge on any atom is 0.325 e. The Bertz CT molecular complexity index is 478. The number of nitrogens with zero attached hydrogens (tertiary/aromatic N) is 1. The third-order valence-electron chi connectivity index (χ3n) is 2.77. The molecule has 21 heavy (non-hydrogen) atoms. The number of carbonyl (C=O) groups is 2. The Balaban J connectivity index is 2.41. The van der Waals surface area contributed by atoms with Crippen molar-refractivity contribution >= 4 is 23.5 Å². The third-order valence-corrected chi connectivity index (χ3v) is 3.08. The lowest BCUT2D eigenvalue weighted by atomic mass is 10.3. The van der Waals surface area contributed by atoms with Gasteiger partial charge >= 0.3 is 5.97 Å². The quantitative estimate of drug-likeness (QED) is 0.692. The minimum atomic E-state index is -0.403. The summed E-state index contributed by atoms with van der Waals surface area (Å²) in [6, 6.07) is 7.07. The number of hydrogen-bond donors (Lipinski definition) is 0. The Hall–Kier alpha value is -1.75. The Morgan fingerprint density at radius 2 is 1.95 bits per heavy atom. The van der Waals surface area contributed by atoms with Crippen molar-refractivity contribution in [3.63, 3.8) is 0 Å². The predicted molar refractivity (Wildman–Crippen MR) is 80.5 cm³/mol. The van der Waals surface area contributed by atoms with Crippen molar-refractivity contribution in [3.05, 3.63) is 29.3 Å². The van der Waals surface area contributed by atoms with Gasteiger partial charge in [0, 0.05) is 6.54 Å². The largest absolute Gasteiger partial charge is 0.491 e. The molecular weight excluding hydrogens is 294 g/mol. The maximum atomic E-state index is 12.0. The molecule has 0 fully saturated rings. The summed E-state index contributed by atoms with van der Waals surface area (Å²) in [4.78, 5) is 24.8. The molecule has 0 N–H and O–H groups in total. The van der Waals surface area contributed by atoms with Gasteiger partial charge in [-0.3, -0.25) is 9.59 Å². The highest BCUT2D eigenvalue weighted by atomic mass is 35.5. The van der Waals surface area contributed by atoms with Crippen molar-refractivity contribution in [1.29, 1.82) is 0 Å². The van der Waals surface area contributed by atoms with Gasteiger partial charge in [-0.1, -0.05) is 23.7 Å². The number of hydrogen-bond acceptors (Lipinski definition) is 4. The summed E-state index contributed by atoms with van der Waals surface area (Å²) in [5, 5.41) is 0.504. The van der Waals surface area contributed by atoms with Crippen molar-refractivity contribution in [2.45, 2.75) is 20.3 Å². The van der Waals surface area contributed by atoms with Gasteiger partial charge in [0.05, 0.1) is 24.7 Å². The lowest BCUT2D eigenvalue weighted by Crippen LogP contribution is -2.36. The first kappa shape index (κ1) is 17.3. The van der Waals surface area contributed by atoms with E-state index in [-0.39, 0.29) is 25.5 Å². The molecule has 1 aromatic rings. The Labute approximate surface area is 129 Å². The number of amides is 1. The smallest absolute Gasteiger partial charge is 0.325 e. The first-order chi connectivity index (χ1) is 10.1. The van der Waals surface area contributed by atoms with Crippen LogP contribution in [-0.4, -0.2) is 43.1 Å². The normalized spacial score (nSPS) is 10.0. The van der Waals surface area contributed by atoms with Gasteiger partial charge in [0.25, 0.3) is 0 Å². The van der Waals surface area contributed by atoms with Crippen LogP contribution in [0.5, 0.6) is 5.75 Å². The minimum Gasteiger partial charge on any atom is -0.491 e. The molecule has 0 unspecified atom stereocenters. The topological polar surface area (TPSA) is 55.8 Å². The standard InChI is InChI=1S/C15H20ClNO4/c1-3-17(11-15(19)20-4-2)14(18)9-10-21-13-8-6-5-7-12(13)16/h5-8H,3-4,9-11H2,1-2H3. The molecule has 0 aliphatic carbocycles. The van der Waals surface area contributed by atoms with Gasteiger partial charge in [-0.2, -0.15) is 0 Å². The fourth-order valence-corrected chi connectivity index (χ4v) is 1.90. The molecule has 1 amide bonds. The van der Waals surface area contributed by atoms with Gasteiger partial charge in [0.2, 0.25) is 5.91 Å². The molecule has 1 rings (SSSR count). The molecular formula is C15H20ClNO4. The average molecular weight is 314 g/mol. The predicted octanol–water partition coefficient (Wildman–Crippen LogP) is 2.52. The zero-order valence-corrected chi connectivity index (χ0v) is 13.1. The van der Waals surface area contributed by atoms with E-state index < -0.39 is 5.97 Å². The van der Waals surface area contributed by atoms with Crippen LogP contribution in [0.25, 0.3) is 0 Å². The number of esters is 1. The lowest BCUT2D eigenvalue weighted by molar-refractivity contribution is -0.149. The van der Waals surface area contributed by atoms with Gasteiger partial charge in [0.15, 0.2) is 0 Å². The second-order valence-electron chi connectivity index (χ2n) is 4.24. The highest BCUT2D eigenvalue weighted by Gasteiger charge is 2.16. The number of carbonyl (C=O) groups excluding carboxylic acids is 2. The van der Waals surface area contributed by atoms with Crippen molar-refractivity contribution < 1.29 is 19.1 Å². The summed E-state index contributed by atoms with van der Waals surface area (Å²) in [5.41, 5.74) is 0. The van der Waals surface area contributed by atoms with Crippen LogP contribution in [0.1, 0.15) is 20.3 Å². The summed E-state index contributed by atoms with van der Waals surface area (Å²) < 4.78 is 10.3. The first-order valence-corrected chi connectivity index (χ1v) is 7.27. The number of ether oxygens (including phenoxy) is 2. The van der Waals surface area contributed by atoms with Gasteiger partial charge in [0.1, 0.15) is 12.3 Å². The third kappa shape index (κ3) is 6.04. The van der Waals surface area contributed by atoms with Crippen LogP contribution in [0.15, 0.2) is 24.3 Å². The molecule has 0 saturated heterocycles. The van der Waals surface area contributed by atoms with Crippen molar-refractivity contribution in [3.8, 4) is 5.75 Å². The number of para-hydroxylation sites is 1. The molecule has 5 nitrogen and oxygen atoms in total. The first-order valence-electron chi connectivity index (χ1n) is 6.89. The van der Waals surface area contributed by atoms with Gasteiger partial charge in [-0.15, -0.1) is 0 Å². The van der Waals surface area contributed by atoms with E-state index in [1.807, 2.05) is 13.0 Å². The molecule has 6 heteroatoms.